The first kappa shape index (κ1) is 13.8. The normalized spacial score (nSPS) is 21.5. The van der Waals surface area contributed by atoms with Crippen LogP contribution in [0, 0.1) is 0 Å². The molecule has 2 aliphatic heterocycles. The van der Waals surface area contributed by atoms with Crippen LogP contribution in [0.5, 0.6) is 0 Å². The van der Waals surface area contributed by atoms with Crippen molar-refractivity contribution in [2.45, 2.75) is 23.5 Å². The molecule has 2 aliphatic rings. The van der Waals surface area contributed by atoms with Crippen molar-refractivity contribution in [3.05, 3.63) is 18.2 Å². The molecule has 21 heavy (non-hydrogen) atoms. The van der Waals surface area contributed by atoms with E-state index >= 15 is 0 Å². The summed E-state index contributed by atoms with van der Waals surface area (Å²) in [6.07, 6.45) is 3.96. The van der Waals surface area contributed by atoms with Gasteiger partial charge in [-0.2, -0.15) is 0 Å². The average molecular weight is 322 g/mol. The van der Waals surface area contributed by atoms with Gasteiger partial charge < -0.3 is 14.4 Å². The minimum absolute atomic E-state index is 0.308. The molecule has 4 rings (SSSR count). The van der Waals surface area contributed by atoms with E-state index < -0.39 is 0 Å². The minimum Gasteiger partial charge on any atom is -0.348 e. The van der Waals surface area contributed by atoms with Crippen LogP contribution < -0.4 is 4.90 Å². The van der Waals surface area contributed by atoms with Crippen molar-refractivity contribution in [3.8, 4) is 0 Å². The van der Waals surface area contributed by atoms with Crippen LogP contribution in [0.25, 0.3) is 10.2 Å². The van der Waals surface area contributed by atoms with Gasteiger partial charge in [-0.3, -0.25) is 0 Å². The Morgan fingerprint density at radius 2 is 2.00 bits per heavy atom. The highest BCUT2D eigenvalue weighted by Gasteiger charge is 2.40. The van der Waals surface area contributed by atoms with Crippen molar-refractivity contribution in [1.82, 2.24) is 4.98 Å². The number of piperidine rings is 1. The van der Waals surface area contributed by atoms with Crippen LogP contribution in [0.15, 0.2) is 23.1 Å². The molecular formula is C15H18N2O2S2. The highest BCUT2D eigenvalue weighted by atomic mass is 32.2. The molecule has 0 N–H and O–H groups in total. The Hall–Kier alpha value is -0.820. The molecule has 0 aliphatic carbocycles. The maximum Gasteiger partial charge on any atom is 0.186 e. The summed E-state index contributed by atoms with van der Waals surface area (Å²) in [6.45, 7) is 3.37. The second kappa shape index (κ2) is 5.43. The second-order valence-corrected chi connectivity index (χ2v) is 7.26. The lowest BCUT2D eigenvalue weighted by atomic mass is 10.0. The highest BCUT2D eigenvalue weighted by molar-refractivity contribution is 7.98. The lowest BCUT2D eigenvalue weighted by Crippen LogP contribution is -2.45. The number of para-hydroxylation sites is 1. The summed E-state index contributed by atoms with van der Waals surface area (Å²) in [5.41, 5.74) is 1.14. The summed E-state index contributed by atoms with van der Waals surface area (Å²) in [4.78, 5) is 8.49. The Bertz CT molecular complexity index is 642. The number of nitrogens with zero attached hydrogens (tertiary/aromatic N) is 2. The Morgan fingerprint density at radius 1 is 1.24 bits per heavy atom. The number of aromatic nitrogens is 1. The molecule has 0 unspecified atom stereocenters. The third-order valence-corrected chi connectivity index (χ3v) is 6.05. The first-order valence-electron chi connectivity index (χ1n) is 7.26. The predicted octanol–water partition coefficient (Wildman–Crippen LogP) is 3.36. The summed E-state index contributed by atoms with van der Waals surface area (Å²) < 4.78 is 12.9. The lowest BCUT2D eigenvalue weighted by Gasteiger charge is -2.37. The number of ether oxygens (including phenoxy) is 2. The monoisotopic (exact) mass is 322 g/mol. The maximum absolute atomic E-state index is 5.79. The Kier molecular flexibility index (Phi) is 3.57. The summed E-state index contributed by atoms with van der Waals surface area (Å²) in [7, 11) is 0. The van der Waals surface area contributed by atoms with Gasteiger partial charge >= 0.3 is 0 Å². The zero-order valence-corrected chi connectivity index (χ0v) is 13.6. The molecule has 1 spiro atoms. The number of rotatable bonds is 2. The molecule has 6 heteroatoms. The van der Waals surface area contributed by atoms with Crippen molar-refractivity contribution >= 4 is 38.4 Å². The fourth-order valence-corrected chi connectivity index (χ4v) is 4.71. The number of anilines is 1. The Labute approximate surface area is 132 Å². The molecular weight excluding hydrogens is 304 g/mol. The molecule has 0 amide bonds. The van der Waals surface area contributed by atoms with E-state index in [4.69, 9.17) is 14.5 Å². The van der Waals surface area contributed by atoms with Crippen molar-refractivity contribution < 1.29 is 9.47 Å². The molecule has 0 saturated carbocycles. The zero-order valence-electron chi connectivity index (χ0n) is 12.0. The summed E-state index contributed by atoms with van der Waals surface area (Å²) in [5.74, 6) is -0.308. The number of hydrogen-bond acceptors (Lipinski definition) is 6. The van der Waals surface area contributed by atoms with Crippen LogP contribution in [0.3, 0.4) is 0 Å². The molecule has 0 radical (unpaired) electrons. The SMILES string of the molecule is CSc1cccc2sc(N3CCC4(CC3)OCCO4)nc12. The molecule has 2 fully saturated rings. The molecule has 1 aromatic heterocycles. The molecule has 4 nitrogen and oxygen atoms in total. The van der Waals surface area contributed by atoms with Gasteiger partial charge in [0.25, 0.3) is 0 Å². The van der Waals surface area contributed by atoms with Crippen molar-refractivity contribution in [1.29, 1.82) is 0 Å². The zero-order chi connectivity index (χ0) is 14.3. The van der Waals surface area contributed by atoms with Crippen molar-refractivity contribution in [2.24, 2.45) is 0 Å². The van der Waals surface area contributed by atoms with Crippen molar-refractivity contribution in [2.75, 3.05) is 37.5 Å². The van der Waals surface area contributed by atoms with Gasteiger partial charge in [0.1, 0.15) is 0 Å². The molecule has 2 aromatic rings. The molecule has 0 bridgehead atoms. The Morgan fingerprint density at radius 3 is 2.71 bits per heavy atom. The molecule has 3 heterocycles. The van der Waals surface area contributed by atoms with Crippen LogP contribution in [-0.2, 0) is 9.47 Å². The van der Waals surface area contributed by atoms with Gasteiger partial charge in [-0.25, -0.2) is 4.98 Å². The van der Waals surface area contributed by atoms with Gasteiger partial charge in [0.2, 0.25) is 0 Å². The standard InChI is InChI=1S/C15H18N2O2S2/c1-20-11-3-2-4-12-13(11)16-14(21-12)17-7-5-15(6-8-17)18-9-10-19-15/h2-4H,5-10H2,1H3. The number of thiazole rings is 1. The largest absolute Gasteiger partial charge is 0.348 e. The van der Waals surface area contributed by atoms with E-state index in [0.29, 0.717) is 0 Å². The van der Waals surface area contributed by atoms with E-state index in [1.807, 2.05) is 0 Å². The van der Waals surface area contributed by atoms with Gasteiger partial charge in [0, 0.05) is 30.8 Å². The lowest BCUT2D eigenvalue weighted by molar-refractivity contribution is -0.169. The number of fused-ring (bicyclic) bond motifs is 1. The third kappa shape index (κ3) is 2.44. The van der Waals surface area contributed by atoms with Gasteiger partial charge in [0.05, 0.1) is 23.4 Å². The summed E-state index contributed by atoms with van der Waals surface area (Å²) in [6, 6.07) is 6.41. The van der Waals surface area contributed by atoms with E-state index in [9.17, 15) is 0 Å². The second-order valence-electron chi connectivity index (χ2n) is 5.40. The molecule has 112 valence electrons. The Balaban J connectivity index is 1.57. The first-order valence-corrected chi connectivity index (χ1v) is 9.30. The summed E-state index contributed by atoms with van der Waals surface area (Å²) in [5, 5.41) is 1.12. The van der Waals surface area contributed by atoms with Crippen LogP contribution in [-0.4, -0.2) is 43.3 Å². The van der Waals surface area contributed by atoms with Gasteiger partial charge in [-0.15, -0.1) is 11.8 Å². The van der Waals surface area contributed by atoms with E-state index in [2.05, 4.69) is 29.4 Å². The van der Waals surface area contributed by atoms with E-state index in [0.717, 1.165) is 49.8 Å². The first-order chi connectivity index (χ1) is 10.3. The van der Waals surface area contributed by atoms with Crippen LogP contribution >= 0.6 is 23.1 Å². The topological polar surface area (TPSA) is 34.6 Å². The number of benzene rings is 1. The van der Waals surface area contributed by atoms with Crippen LogP contribution in [0.2, 0.25) is 0 Å². The van der Waals surface area contributed by atoms with Gasteiger partial charge in [-0.1, -0.05) is 17.4 Å². The maximum atomic E-state index is 5.79. The summed E-state index contributed by atoms with van der Waals surface area (Å²) >= 11 is 3.54. The average Bonchev–Trinajstić information content (AvgIpc) is 3.15. The van der Waals surface area contributed by atoms with Gasteiger partial charge in [0.15, 0.2) is 10.9 Å². The van der Waals surface area contributed by atoms with Crippen LogP contribution in [0.4, 0.5) is 5.13 Å². The van der Waals surface area contributed by atoms with Crippen LogP contribution in [0.1, 0.15) is 12.8 Å². The molecule has 0 atom stereocenters. The fourth-order valence-electron chi connectivity index (χ4n) is 3.04. The minimum atomic E-state index is -0.308. The van der Waals surface area contributed by atoms with E-state index in [-0.39, 0.29) is 5.79 Å². The smallest absolute Gasteiger partial charge is 0.186 e. The van der Waals surface area contributed by atoms with E-state index in [1.165, 1.54) is 9.60 Å². The van der Waals surface area contributed by atoms with E-state index in [1.54, 1.807) is 23.1 Å². The van der Waals surface area contributed by atoms with Crippen molar-refractivity contribution in [3.63, 3.8) is 0 Å². The quantitative estimate of drug-likeness (QED) is 0.792. The highest BCUT2D eigenvalue weighted by Crippen LogP contribution is 2.37. The predicted molar refractivity (Wildman–Crippen MR) is 87.5 cm³/mol. The van der Waals surface area contributed by atoms with Gasteiger partial charge in [-0.05, 0) is 18.4 Å². The molecule has 2 saturated heterocycles. The fraction of sp³-hybridized carbons (Fsp3) is 0.533. The number of hydrogen-bond donors (Lipinski definition) is 0. The number of thioether (sulfide) groups is 1. The molecule has 1 aromatic carbocycles. The third-order valence-electron chi connectivity index (χ3n) is 4.20.